The quantitative estimate of drug-likeness (QED) is 0.714. The normalized spacial score (nSPS) is 15.4. The fourth-order valence-corrected chi connectivity index (χ4v) is 4.14. The SMILES string of the molecule is COc1ccc(-n2c(C)cc(C(=O)CN(C)C3CCCCC3)c2C)cc1. The highest BCUT2D eigenvalue weighted by molar-refractivity contribution is 5.99. The minimum absolute atomic E-state index is 0.214. The Kier molecular flexibility index (Phi) is 5.82. The van der Waals surface area contributed by atoms with Gasteiger partial charge in [0.15, 0.2) is 5.78 Å². The molecule has 1 aliphatic carbocycles. The Hall–Kier alpha value is -2.07. The van der Waals surface area contributed by atoms with Gasteiger partial charge < -0.3 is 9.30 Å². The van der Waals surface area contributed by atoms with Gasteiger partial charge in [-0.15, -0.1) is 0 Å². The number of hydrogen-bond donors (Lipinski definition) is 0. The zero-order chi connectivity index (χ0) is 18.7. The van der Waals surface area contributed by atoms with Crippen LogP contribution in [0.5, 0.6) is 5.75 Å². The number of likely N-dealkylation sites (N-methyl/N-ethyl adjacent to an activating group) is 1. The van der Waals surface area contributed by atoms with Crippen LogP contribution in [0.2, 0.25) is 0 Å². The Morgan fingerprint density at radius 3 is 2.42 bits per heavy atom. The summed E-state index contributed by atoms with van der Waals surface area (Å²) in [7, 11) is 3.76. The van der Waals surface area contributed by atoms with Crippen molar-refractivity contribution in [2.24, 2.45) is 0 Å². The van der Waals surface area contributed by atoms with Crippen molar-refractivity contribution in [1.29, 1.82) is 0 Å². The monoisotopic (exact) mass is 354 g/mol. The molecule has 0 amide bonds. The molecular formula is C22H30N2O2. The van der Waals surface area contributed by atoms with E-state index in [1.807, 2.05) is 37.3 Å². The molecule has 1 aromatic carbocycles. The van der Waals surface area contributed by atoms with E-state index in [1.165, 1.54) is 32.1 Å². The molecule has 0 spiro atoms. The molecule has 3 rings (SSSR count). The molecule has 0 radical (unpaired) electrons. The molecule has 0 aliphatic heterocycles. The van der Waals surface area contributed by atoms with E-state index in [9.17, 15) is 4.79 Å². The number of ether oxygens (including phenoxy) is 1. The van der Waals surface area contributed by atoms with Gasteiger partial charge in [-0.2, -0.15) is 0 Å². The number of Topliss-reactive ketones (excluding diaryl/α,β-unsaturated/α-hetero) is 1. The van der Waals surface area contributed by atoms with Crippen molar-refractivity contribution in [3.63, 3.8) is 0 Å². The highest BCUT2D eigenvalue weighted by atomic mass is 16.5. The van der Waals surface area contributed by atoms with Crippen LogP contribution in [0.4, 0.5) is 0 Å². The van der Waals surface area contributed by atoms with Crippen molar-refractivity contribution in [2.45, 2.75) is 52.0 Å². The summed E-state index contributed by atoms with van der Waals surface area (Å²) >= 11 is 0. The second-order valence-electron chi connectivity index (χ2n) is 7.45. The second-order valence-corrected chi connectivity index (χ2v) is 7.45. The van der Waals surface area contributed by atoms with E-state index < -0.39 is 0 Å². The van der Waals surface area contributed by atoms with Crippen molar-refractivity contribution in [3.05, 3.63) is 47.3 Å². The molecule has 1 fully saturated rings. The third-order valence-electron chi connectivity index (χ3n) is 5.65. The minimum atomic E-state index is 0.214. The van der Waals surface area contributed by atoms with Gasteiger partial charge in [-0.3, -0.25) is 9.69 Å². The number of hydrogen-bond acceptors (Lipinski definition) is 3. The number of benzene rings is 1. The first-order valence-corrected chi connectivity index (χ1v) is 9.58. The van der Waals surface area contributed by atoms with Crippen molar-refractivity contribution in [2.75, 3.05) is 20.7 Å². The average Bonchev–Trinajstić information content (AvgIpc) is 2.97. The van der Waals surface area contributed by atoms with Gasteiger partial charge in [0.05, 0.1) is 13.7 Å². The average molecular weight is 354 g/mol. The largest absolute Gasteiger partial charge is 0.497 e. The summed E-state index contributed by atoms with van der Waals surface area (Å²) < 4.78 is 7.39. The van der Waals surface area contributed by atoms with Crippen LogP contribution in [0.1, 0.15) is 53.8 Å². The number of rotatable bonds is 6. The van der Waals surface area contributed by atoms with Gasteiger partial charge in [-0.05, 0) is 64.1 Å². The molecule has 0 N–H and O–H groups in total. The van der Waals surface area contributed by atoms with Gasteiger partial charge in [0.25, 0.3) is 0 Å². The number of carbonyl (C=O) groups is 1. The minimum Gasteiger partial charge on any atom is -0.497 e. The van der Waals surface area contributed by atoms with Crippen LogP contribution in [0.25, 0.3) is 5.69 Å². The standard InChI is InChI=1S/C22H30N2O2/c1-16-14-21(22(25)15-23(3)18-8-6-5-7-9-18)17(2)24(16)19-10-12-20(26-4)13-11-19/h10-14,18H,5-9,15H2,1-4H3. The first-order chi connectivity index (χ1) is 12.5. The number of methoxy groups -OCH3 is 1. The molecule has 0 saturated heterocycles. The number of aromatic nitrogens is 1. The molecule has 26 heavy (non-hydrogen) atoms. The van der Waals surface area contributed by atoms with Gasteiger partial charge in [0.2, 0.25) is 0 Å². The Balaban J connectivity index is 1.78. The Morgan fingerprint density at radius 2 is 1.81 bits per heavy atom. The highest BCUT2D eigenvalue weighted by Crippen LogP contribution is 2.25. The maximum Gasteiger partial charge on any atom is 0.178 e. The van der Waals surface area contributed by atoms with Crippen LogP contribution < -0.4 is 4.74 Å². The lowest BCUT2D eigenvalue weighted by atomic mass is 9.94. The molecule has 140 valence electrons. The topological polar surface area (TPSA) is 34.5 Å². The van der Waals surface area contributed by atoms with Gasteiger partial charge in [-0.1, -0.05) is 19.3 Å². The van der Waals surface area contributed by atoms with Crippen molar-refractivity contribution < 1.29 is 9.53 Å². The Morgan fingerprint density at radius 1 is 1.15 bits per heavy atom. The second kappa shape index (κ2) is 8.09. The number of aryl methyl sites for hydroxylation is 1. The summed E-state index contributed by atoms with van der Waals surface area (Å²) in [4.78, 5) is 15.2. The first kappa shape index (κ1) is 18.7. The number of ketones is 1. The van der Waals surface area contributed by atoms with Gasteiger partial charge in [0, 0.05) is 28.7 Å². The molecular weight excluding hydrogens is 324 g/mol. The zero-order valence-corrected chi connectivity index (χ0v) is 16.4. The van der Waals surface area contributed by atoms with Crippen molar-refractivity contribution in [1.82, 2.24) is 9.47 Å². The predicted octanol–water partition coefficient (Wildman–Crippen LogP) is 4.55. The van der Waals surface area contributed by atoms with Crippen LogP contribution in [0, 0.1) is 13.8 Å². The molecule has 1 aromatic heterocycles. The van der Waals surface area contributed by atoms with E-state index in [0.717, 1.165) is 28.4 Å². The van der Waals surface area contributed by atoms with Gasteiger partial charge in [0.1, 0.15) is 5.75 Å². The molecule has 0 atom stereocenters. The molecule has 2 aromatic rings. The summed E-state index contributed by atoms with van der Waals surface area (Å²) in [6.45, 7) is 4.58. The van der Waals surface area contributed by atoms with E-state index in [-0.39, 0.29) is 5.78 Å². The number of nitrogens with zero attached hydrogens (tertiary/aromatic N) is 2. The third-order valence-corrected chi connectivity index (χ3v) is 5.65. The molecule has 1 saturated carbocycles. The molecule has 1 heterocycles. The zero-order valence-electron chi connectivity index (χ0n) is 16.4. The summed E-state index contributed by atoms with van der Waals surface area (Å²) in [6, 6.07) is 10.5. The molecule has 0 unspecified atom stereocenters. The highest BCUT2D eigenvalue weighted by Gasteiger charge is 2.23. The summed E-state index contributed by atoms with van der Waals surface area (Å²) in [5.41, 5.74) is 3.98. The van der Waals surface area contributed by atoms with Crippen LogP contribution in [-0.4, -0.2) is 42.0 Å². The van der Waals surface area contributed by atoms with Crippen molar-refractivity contribution >= 4 is 5.78 Å². The van der Waals surface area contributed by atoms with E-state index in [1.54, 1.807) is 7.11 Å². The molecule has 4 heteroatoms. The van der Waals surface area contributed by atoms with Crippen LogP contribution in [0.3, 0.4) is 0 Å². The summed E-state index contributed by atoms with van der Waals surface area (Å²) in [5, 5.41) is 0. The first-order valence-electron chi connectivity index (χ1n) is 9.58. The lowest BCUT2D eigenvalue weighted by molar-refractivity contribution is 0.0899. The molecule has 4 nitrogen and oxygen atoms in total. The smallest absolute Gasteiger partial charge is 0.178 e. The van der Waals surface area contributed by atoms with E-state index in [0.29, 0.717) is 12.6 Å². The predicted molar refractivity (Wildman–Crippen MR) is 106 cm³/mol. The lowest BCUT2D eigenvalue weighted by Crippen LogP contribution is -2.37. The lowest BCUT2D eigenvalue weighted by Gasteiger charge is -2.30. The van der Waals surface area contributed by atoms with Crippen LogP contribution >= 0.6 is 0 Å². The number of carbonyl (C=O) groups excluding carboxylic acids is 1. The summed E-state index contributed by atoms with van der Waals surface area (Å²) in [5.74, 6) is 1.05. The van der Waals surface area contributed by atoms with Gasteiger partial charge in [-0.25, -0.2) is 0 Å². The third kappa shape index (κ3) is 3.85. The van der Waals surface area contributed by atoms with E-state index in [4.69, 9.17) is 4.74 Å². The Labute approximate surface area is 156 Å². The van der Waals surface area contributed by atoms with Crippen molar-refractivity contribution in [3.8, 4) is 11.4 Å². The molecule has 0 bridgehead atoms. The van der Waals surface area contributed by atoms with Crippen LogP contribution in [-0.2, 0) is 0 Å². The fraction of sp³-hybridized carbons (Fsp3) is 0.500. The van der Waals surface area contributed by atoms with Crippen LogP contribution in [0.15, 0.2) is 30.3 Å². The van der Waals surface area contributed by atoms with E-state index in [2.05, 4.69) is 23.4 Å². The fourth-order valence-electron chi connectivity index (χ4n) is 4.14. The maximum atomic E-state index is 12.9. The van der Waals surface area contributed by atoms with Gasteiger partial charge >= 0.3 is 0 Å². The molecule has 1 aliphatic rings. The Bertz CT molecular complexity index is 755. The van der Waals surface area contributed by atoms with E-state index >= 15 is 0 Å². The summed E-state index contributed by atoms with van der Waals surface area (Å²) in [6.07, 6.45) is 6.34. The maximum absolute atomic E-state index is 12.9.